The first-order valence-electron chi connectivity index (χ1n) is 12.6. The zero-order chi connectivity index (χ0) is 26.8. The number of piperidine rings is 1. The van der Waals surface area contributed by atoms with Gasteiger partial charge < -0.3 is 11.1 Å². The highest BCUT2D eigenvalue weighted by molar-refractivity contribution is 5.83. The Hall–Kier alpha value is -4.95. The molecule has 11 heteroatoms. The van der Waals surface area contributed by atoms with Gasteiger partial charge in [-0.15, -0.1) is 0 Å². The minimum absolute atomic E-state index is 0.168. The number of nitrogen functional groups attached to an aromatic ring is 1. The highest BCUT2D eigenvalue weighted by atomic mass is 19.1. The van der Waals surface area contributed by atoms with Crippen molar-refractivity contribution in [2.24, 2.45) is 0 Å². The number of likely N-dealkylation sites (tertiary alicyclic amines) is 1. The highest BCUT2D eigenvalue weighted by Crippen LogP contribution is 2.31. The maximum Gasteiger partial charge on any atom is 0.234 e. The Labute approximate surface area is 224 Å². The Morgan fingerprint density at radius 2 is 1.77 bits per heavy atom. The third-order valence-corrected chi connectivity index (χ3v) is 6.87. The van der Waals surface area contributed by atoms with Gasteiger partial charge in [0.2, 0.25) is 5.82 Å². The molecule has 5 aromatic rings. The van der Waals surface area contributed by atoms with Crippen molar-refractivity contribution in [1.29, 1.82) is 5.26 Å². The number of rotatable bonds is 6. The van der Waals surface area contributed by atoms with E-state index in [4.69, 9.17) is 11.0 Å². The number of anilines is 2. The number of aromatic nitrogens is 6. The fraction of sp³-hybridized carbons (Fsp3) is 0.214. The predicted octanol–water partition coefficient (Wildman–Crippen LogP) is 3.94. The normalized spacial score (nSPS) is 14.4. The van der Waals surface area contributed by atoms with Gasteiger partial charge in [-0.3, -0.25) is 9.47 Å². The molecule has 4 aromatic heterocycles. The van der Waals surface area contributed by atoms with E-state index in [0.29, 0.717) is 34.7 Å². The summed E-state index contributed by atoms with van der Waals surface area (Å²) >= 11 is 0. The molecule has 6 rings (SSSR count). The second kappa shape index (κ2) is 10.4. The Bertz CT molecular complexity index is 1670. The molecule has 0 atom stereocenters. The molecule has 1 aliphatic rings. The number of nitrogens with one attached hydrogen (secondary N) is 1. The second-order valence-corrected chi connectivity index (χ2v) is 9.41. The third kappa shape index (κ3) is 4.97. The van der Waals surface area contributed by atoms with E-state index < -0.39 is 5.82 Å². The smallest absolute Gasteiger partial charge is 0.234 e. The first-order chi connectivity index (χ1) is 19.1. The summed E-state index contributed by atoms with van der Waals surface area (Å²) in [4.78, 5) is 23.7. The number of pyridine rings is 2. The zero-order valence-corrected chi connectivity index (χ0v) is 21.0. The summed E-state index contributed by atoms with van der Waals surface area (Å²) in [5.41, 5.74) is 9.34. The maximum absolute atomic E-state index is 14.6. The van der Waals surface area contributed by atoms with Crippen molar-refractivity contribution in [2.75, 3.05) is 24.1 Å². The van der Waals surface area contributed by atoms with E-state index in [-0.39, 0.29) is 11.3 Å². The van der Waals surface area contributed by atoms with Crippen LogP contribution in [0, 0.1) is 17.1 Å². The molecule has 0 unspecified atom stereocenters. The molecular weight excluding hydrogens is 495 g/mol. The maximum atomic E-state index is 14.6. The van der Waals surface area contributed by atoms with Crippen LogP contribution >= 0.6 is 0 Å². The molecule has 5 heterocycles. The predicted molar refractivity (Wildman–Crippen MR) is 145 cm³/mol. The fourth-order valence-electron chi connectivity index (χ4n) is 4.92. The number of hydrogen-bond donors (Lipinski definition) is 2. The number of halogens is 1. The van der Waals surface area contributed by atoms with Crippen molar-refractivity contribution in [2.45, 2.75) is 25.4 Å². The number of benzene rings is 1. The van der Waals surface area contributed by atoms with Gasteiger partial charge in [0.15, 0.2) is 17.3 Å². The molecule has 0 bridgehead atoms. The van der Waals surface area contributed by atoms with Crippen LogP contribution in [-0.4, -0.2) is 53.5 Å². The zero-order valence-electron chi connectivity index (χ0n) is 21.0. The van der Waals surface area contributed by atoms with E-state index in [9.17, 15) is 4.39 Å². The van der Waals surface area contributed by atoms with Gasteiger partial charge >= 0.3 is 0 Å². The van der Waals surface area contributed by atoms with Crippen LogP contribution in [0.3, 0.4) is 0 Å². The lowest BCUT2D eigenvalue weighted by molar-refractivity contribution is 0.211. The van der Waals surface area contributed by atoms with Crippen molar-refractivity contribution >= 4 is 22.8 Å². The van der Waals surface area contributed by atoms with Gasteiger partial charge in [-0.1, -0.05) is 12.1 Å². The molecule has 194 valence electrons. The molecule has 0 amide bonds. The molecule has 0 radical (unpaired) electrons. The minimum Gasteiger partial charge on any atom is -0.383 e. The average Bonchev–Trinajstić information content (AvgIpc) is 3.35. The standard InChI is InChI=1S/C28H25FN10/c29-22-7-12-34-28-25(22)37-27(21-2-1-11-33-26(21)31)39(28)20-5-3-18(4-6-20)17-38-14-9-19(10-15-38)35-23-8-13-32-24(16-30)36-23/h1-8,11-13,19H,9-10,14-15,17H2,(H2,31,33)(H,32,35,36). The van der Waals surface area contributed by atoms with Crippen LogP contribution in [0.25, 0.3) is 28.2 Å². The van der Waals surface area contributed by atoms with Gasteiger partial charge in [-0.25, -0.2) is 29.3 Å². The molecular formula is C28H25FN10. The number of nitrogens with two attached hydrogens (primary N) is 1. The number of nitrogens with zero attached hydrogens (tertiary/aromatic N) is 8. The molecule has 1 fully saturated rings. The van der Waals surface area contributed by atoms with Gasteiger partial charge in [0.05, 0.1) is 5.56 Å². The molecule has 1 aliphatic heterocycles. The lowest BCUT2D eigenvalue weighted by atomic mass is 10.0. The number of imidazole rings is 1. The Kier molecular flexibility index (Phi) is 6.52. The van der Waals surface area contributed by atoms with Gasteiger partial charge in [0.1, 0.15) is 23.2 Å². The summed E-state index contributed by atoms with van der Waals surface area (Å²) in [7, 11) is 0. The minimum atomic E-state index is -0.442. The van der Waals surface area contributed by atoms with E-state index in [1.54, 1.807) is 24.5 Å². The van der Waals surface area contributed by atoms with Crippen LogP contribution in [0.4, 0.5) is 16.0 Å². The molecule has 3 N–H and O–H groups in total. The molecule has 39 heavy (non-hydrogen) atoms. The SMILES string of the molecule is N#Cc1nccc(NC2CCN(Cc3ccc(-n4c(-c5cccnc5N)nc5c(F)ccnc54)cc3)CC2)n1. The summed E-state index contributed by atoms with van der Waals surface area (Å²) in [6, 6.07) is 17.1. The van der Waals surface area contributed by atoms with Crippen molar-refractivity contribution < 1.29 is 4.39 Å². The Morgan fingerprint density at radius 1 is 0.974 bits per heavy atom. The first kappa shape index (κ1) is 24.4. The molecule has 0 aliphatic carbocycles. The van der Waals surface area contributed by atoms with Gasteiger partial charge in [-0.2, -0.15) is 5.26 Å². The number of fused-ring (bicyclic) bond motifs is 1. The molecule has 1 aromatic carbocycles. The molecule has 0 spiro atoms. The second-order valence-electron chi connectivity index (χ2n) is 9.41. The summed E-state index contributed by atoms with van der Waals surface area (Å²) in [5.74, 6) is 1.21. The fourth-order valence-corrected chi connectivity index (χ4v) is 4.92. The number of hydrogen-bond acceptors (Lipinski definition) is 9. The largest absolute Gasteiger partial charge is 0.383 e. The van der Waals surface area contributed by atoms with Crippen LogP contribution < -0.4 is 11.1 Å². The molecule has 0 saturated carbocycles. The van der Waals surface area contributed by atoms with Crippen molar-refractivity contribution in [3.63, 3.8) is 0 Å². The summed E-state index contributed by atoms with van der Waals surface area (Å²) in [6.07, 6.45) is 6.59. The lowest BCUT2D eigenvalue weighted by Crippen LogP contribution is -2.38. The summed E-state index contributed by atoms with van der Waals surface area (Å²) < 4.78 is 16.4. The van der Waals surface area contributed by atoms with E-state index in [2.05, 4.69) is 47.3 Å². The lowest BCUT2D eigenvalue weighted by Gasteiger charge is -2.32. The Balaban J connectivity index is 1.18. The number of nitriles is 1. The van der Waals surface area contributed by atoms with Gasteiger partial charge in [0, 0.05) is 50.0 Å². The summed E-state index contributed by atoms with van der Waals surface area (Å²) in [5, 5.41) is 12.4. The summed E-state index contributed by atoms with van der Waals surface area (Å²) in [6.45, 7) is 2.70. The third-order valence-electron chi connectivity index (χ3n) is 6.87. The molecule has 1 saturated heterocycles. The average molecular weight is 521 g/mol. The Morgan fingerprint density at radius 3 is 2.54 bits per heavy atom. The van der Waals surface area contributed by atoms with Crippen LogP contribution in [-0.2, 0) is 6.54 Å². The first-order valence-corrected chi connectivity index (χ1v) is 12.6. The monoisotopic (exact) mass is 520 g/mol. The van der Waals surface area contributed by atoms with Crippen LogP contribution in [0.1, 0.15) is 24.2 Å². The molecule has 10 nitrogen and oxygen atoms in total. The van der Waals surface area contributed by atoms with E-state index in [1.165, 1.54) is 17.8 Å². The van der Waals surface area contributed by atoms with Gasteiger partial charge in [-0.05, 0) is 54.8 Å². The topological polar surface area (TPSA) is 134 Å². The van der Waals surface area contributed by atoms with Crippen molar-refractivity contribution in [1.82, 2.24) is 34.4 Å². The van der Waals surface area contributed by atoms with Crippen LogP contribution in [0.2, 0.25) is 0 Å². The van der Waals surface area contributed by atoms with E-state index >= 15 is 0 Å². The van der Waals surface area contributed by atoms with Crippen LogP contribution in [0.15, 0.2) is 67.1 Å². The van der Waals surface area contributed by atoms with E-state index in [1.807, 2.05) is 28.8 Å². The van der Waals surface area contributed by atoms with Crippen molar-refractivity contribution in [3.05, 3.63) is 84.3 Å². The van der Waals surface area contributed by atoms with Crippen LogP contribution in [0.5, 0.6) is 0 Å². The van der Waals surface area contributed by atoms with E-state index in [0.717, 1.165) is 38.2 Å². The van der Waals surface area contributed by atoms with Gasteiger partial charge in [0.25, 0.3) is 0 Å². The highest BCUT2D eigenvalue weighted by Gasteiger charge is 2.21. The van der Waals surface area contributed by atoms with Crippen molar-refractivity contribution in [3.8, 4) is 23.1 Å². The quantitative estimate of drug-likeness (QED) is 0.341.